The first-order valence-electron chi connectivity index (χ1n) is 17.2. The Morgan fingerprint density at radius 3 is 2.31 bits per heavy atom. The predicted molar refractivity (Wildman–Crippen MR) is 191 cm³/mol. The maximum absolute atomic E-state index is 14.5. The summed E-state index contributed by atoms with van der Waals surface area (Å²) >= 11 is 0. The van der Waals surface area contributed by atoms with Gasteiger partial charge in [0.05, 0.1) is 33.3 Å². The van der Waals surface area contributed by atoms with Crippen molar-refractivity contribution >= 4 is 29.3 Å². The number of carbonyl (C=O) groups excluding carboxylic acids is 2. The molecule has 0 radical (unpaired) electrons. The zero-order chi connectivity index (χ0) is 35.3. The molecule has 2 saturated heterocycles. The summed E-state index contributed by atoms with van der Waals surface area (Å²) in [6, 6.07) is 9.33. The second kappa shape index (κ2) is 15.4. The molecule has 12 nitrogen and oxygen atoms in total. The number of carbonyl (C=O) groups is 2. The number of hydrogen-bond donors (Lipinski definition) is 3. The highest BCUT2D eigenvalue weighted by atomic mass is 16.5. The molecule has 0 spiro atoms. The van der Waals surface area contributed by atoms with Crippen molar-refractivity contribution in [3.63, 3.8) is 0 Å². The van der Waals surface area contributed by atoms with Crippen molar-refractivity contribution in [1.82, 2.24) is 15.1 Å². The Balaban J connectivity index is 1.40. The zero-order valence-electron chi connectivity index (χ0n) is 29.7. The van der Waals surface area contributed by atoms with Crippen LogP contribution in [0.2, 0.25) is 0 Å². The first-order valence-corrected chi connectivity index (χ1v) is 17.2. The summed E-state index contributed by atoms with van der Waals surface area (Å²) in [5.41, 5.74) is 7.60. The van der Waals surface area contributed by atoms with Crippen molar-refractivity contribution in [2.75, 3.05) is 65.5 Å². The first-order chi connectivity index (χ1) is 23.6. The Morgan fingerprint density at radius 2 is 1.69 bits per heavy atom. The molecule has 2 aliphatic heterocycles. The van der Waals surface area contributed by atoms with Crippen LogP contribution in [0.4, 0.5) is 5.69 Å². The molecule has 2 amide bonds. The number of nitrogens with two attached hydrogens (primary N) is 1. The van der Waals surface area contributed by atoms with Gasteiger partial charge in [-0.2, -0.15) is 0 Å². The van der Waals surface area contributed by atoms with E-state index in [4.69, 9.17) is 30.1 Å². The van der Waals surface area contributed by atoms with Crippen LogP contribution in [0.1, 0.15) is 63.6 Å². The number of nitrogens with one attached hydrogen (secondary N) is 2. The van der Waals surface area contributed by atoms with Crippen LogP contribution in [0.3, 0.4) is 0 Å². The Morgan fingerprint density at radius 1 is 1.00 bits per heavy atom. The SMILES string of the molecule is COc1cc(/C(C=N)=C/N)ccc1C(C)N(C(=O)[C@@H]1CCCN(c2c(OC)ccc(OC(C)(C)C(=O)N3CCNCC3)c2OC)C1)C1CC1. The summed E-state index contributed by atoms with van der Waals surface area (Å²) in [7, 11) is 4.83. The second-order valence-corrected chi connectivity index (χ2v) is 13.5. The summed E-state index contributed by atoms with van der Waals surface area (Å²) < 4.78 is 24.0. The lowest BCUT2D eigenvalue weighted by molar-refractivity contribution is -0.146. The van der Waals surface area contributed by atoms with Crippen LogP contribution >= 0.6 is 0 Å². The Bertz CT molecular complexity index is 1550. The maximum Gasteiger partial charge on any atom is 0.266 e. The van der Waals surface area contributed by atoms with E-state index in [-0.39, 0.29) is 29.8 Å². The van der Waals surface area contributed by atoms with E-state index < -0.39 is 5.60 Å². The van der Waals surface area contributed by atoms with Gasteiger partial charge in [-0.3, -0.25) is 9.59 Å². The van der Waals surface area contributed by atoms with Gasteiger partial charge in [-0.1, -0.05) is 12.1 Å². The van der Waals surface area contributed by atoms with Crippen LogP contribution in [0.25, 0.3) is 5.57 Å². The van der Waals surface area contributed by atoms with Crippen molar-refractivity contribution in [3.8, 4) is 23.0 Å². The lowest BCUT2D eigenvalue weighted by atomic mass is 9.93. The van der Waals surface area contributed by atoms with Gasteiger partial charge in [-0.25, -0.2) is 0 Å². The number of nitrogens with zero attached hydrogens (tertiary/aromatic N) is 3. The number of anilines is 1. The smallest absolute Gasteiger partial charge is 0.266 e. The topological polar surface area (TPSA) is 143 Å². The number of rotatable bonds is 13. The number of benzene rings is 2. The molecule has 12 heteroatoms. The van der Waals surface area contributed by atoms with E-state index in [1.807, 2.05) is 34.1 Å². The normalized spacial score (nSPS) is 19.1. The monoisotopic (exact) mass is 676 g/mol. The lowest BCUT2D eigenvalue weighted by Gasteiger charge is -2.39. The lowest BCUT2D eigenvalue weighted by Crippen LogP contribution is -2.54. The van der Waals surface area contributed by atoms with Crippen LogP contribution in [0, 0.1) is 11.3 Å². The van der Waals surface area contributed by atoms with Gasteiger partial charge in [-0.05, 0) is 70.2 Å². The van der Waals surface area contributed by atoms with Gasteiger partial charge in [0.25, 0.3) is 5.91 Å². The van der Waals surface area contributed by atoms with Crippen LogP contribution in [0.15, 0.2) is 36.5 Å². The van der Waals surface area contributed by atoms with E-state index in [1.165, 1.54) is 12.4 Å². The largest absolute Gasteiger partial charge is 0.496 e. The zero-order valence-corrected chi connectivity index (χ0v) is 29.7. The fourth-order valence-electron chi connectivity index (χ4n) is 7.09. The number of allylic oxidation sites excluding steroid dienone is 1. The van der Waals surface area contributed by atoms with E-state index in [0.29, 0.717) is 60.4 Å². The number of methoxy groups -OCH3 is 3. The summed E-state index contributed by atoms with van der Waals surface area (Å²) in [5.74, 6) is 1.96. The van der Waals surface area contributed by atoms with Crippen LogP contribution < -0.4 is 34.9 Å². The minimum atomic E-state index is -1.13. The average Bonchev–Trinajstić information content (AvgIpc) is 3.97. The Kier molecular flexibility index (Phi) is 11.3. The van der Waals surface area contributed by atoms with E-state index in [9.17, 15) is 9.59 Å². The molecule has 49 heavy (non-hydrogen) atoms. The highest BCUT2D eigenvalue weighted by molar-refractivity contribution is 6.08. The van der Waals surface area contributed by atoms with Gasteiger partial charge >= 0.3 is 0 Å². The molecule has 0 aromatic heterocycles. The molecule has 1 aliphatic carbocycles. The predicted octanol–water partition coefficient (Wildman–Crippen LogP) is 4.22. The molecule has 2 aromatic carbocycles. The standard InChI is InChI=1S/C37H52N6O6/c1-24(29-12-9-25(20-32(29)47-5)27(21-38)22-39)43(28-10-11-28)35(44)26-8-7-17-42(23-26)33-30(46-4)13-14-31(34(33)48-6)49-37(2,3)36(45)41-18-15-40-16-19-41/h9,12-14,20-22,24,26,28,38,40H,7-8,10-11,15-19,23,39H2,1-6H3/b27-22+,38-21?/t24?,26-/m1/s1. The molecule has 4 N–H and O–H groups in total. The second-order valence-electron chi connectivity index (χ2n) is 13.5. The van der Waals surface area contributed by atoms with Gasteiger partial charge < -0.3 is 50.1 Å². The summed E-state index contributed by atoms with van der Waals surface area (Å²) in [6.45, 7) is 9.58. The average molecular weight is 677 g/mol. The summed E-state index contributed by atoms with van der Waals surface area (Å²) in [5, 5.41) is 11.0. The summed E-state index contributed by atoms with van der Waals surface area (Å²) in [4.78, 5) is 34.0. The number of ether oxygens (including phenoxy) is 4. The van der Waals surface area contributed by atoms with Crippen molar-refractivity contribution < 1.29 is 28.5 Å². The third kappa shape index (κ3) is 7.59. The van der Waals surface area contributed by atoms with Gasteiger partial charge in [0.1, 0.15) is 17.2 Å². The molecule has 2 atom stereocenters. The number of piperazine rings is 1. The molecule has 1 saturated carbocycles. The fourth-order valence-corrected chi connectivity index (χ4v) is 7.09. The molecular formula is C37H52N6O6. The van der Waals surface area contributed by atoms with E-state index >= 15 is 0 Å². The molecule has 2 heterocycles. The minimum absolute atomic E-state index is 0.0800. The van der Waals surface area contributed by atoms with Gasteiger partial charge in [-0.15, -0.1) is 0 Å². The molecule has 0 bridgehead atoms. The quantitative estimate of drug-likeness (QED) is 0.266. The molecule has 5 rings (SSSR count). The Labute approximate surface area is 290 Å². The minimum Gasteiger partial charge on any atom is -0.496 e. The van der Waals surface area contributed by atoms with Crippen molar-refractivity contribution in [3.05, 3.63) is 47.7 Å². The van der Waals surface area contributed by atoms with Crippen LogP contribution in [-0.2, 0) is 9.59 Å². The number of hydrogen-bond acceptors (Lipinski definition) is 10. The third-order valence-corrected chi connectivity index (χ3v) is 9.82. The number of amides is 2. The van der Waals surface area contributed by atoms with Gasteiger partial charge in [0, 0.05) is 68.9 Å². The van der Waals surface area contributed by atoms with E-state index in [1.54, 1.807) is 41.2 Å². The molecular weight excluding hydrogens is 624 g/mol. The maximum atomic E-state index is 14.5. The molecule has 3 fully saturated rings. The van der Waals surface area contributed by atoms with Crippen molar-refractivity contribution in [1.29, 1.82) is 5.41 Å². The van der Waals surface area contributed by atoms with Gasteiger partial charge in [0.15, 0.2) is 17.1 Å². The number of piperidine rings is 1. The highest BCUT2D eigenvalue weighted by Crippen LogP contribution is 2.47. The molecule has 1 unspecified atom stereocenters. The first kappa shape index (κ1) is 35.8. The third-order valence-electron chi connectivity index (χ3n) is 9.82. The van der Waals surface area contributed by atoms with Crippen molar-refractivity contribution in [2.45, 2.75) is 64.1 Å². The Hall–Kier alpha value is -4.45. The molecule has 2 aromatic rings. The summed E-state index contributed by atoms with van der Waals surface area (Å²) in [6.07, 6.45) is 6.11. The van der Waals surface area contributed by atoms with Crippen molar-refractivity contribution in [2.24, 2.45) is 11.7 Å². The molecule has 3 aliphatic rings. The highest BCUT2D eigenvalue weighted by Gasteiger charge is 2.42. The molecule has 266 valence electrons. The van der Waals surface area contributed by atoms with Crippen LogP contribution in [-0.4, -0.2) is 100 Å². The van der Waals surface area contributed by atoms with Gasteiger partial charge in [0.2, 0.25) is 5.91 Å². The van der Waals surface area contributed by atoms with E-state index in [0.717, 1.165) is 49.9 Å². The van der Waals surface area contributed by atoms with E-state index in [2.05, 4.69) is 17.1 Å². The fraction of sp³-hybridized carbons (Fsp3) is 0.541. The van der Waals surface area contributed by atoms with Crippen LogP contribution in [0.5, 0.6) is 23.0 Å².